The molecule has 2 aromatic rings. The molecule has 0 bridgehead atoms. The van der Waals surface area contributed by atoms with E-state index in [9.17, 15) is 27.9 Å². The lowest BCUT2D eigenvalue weighted by Gasteiger charge is -2.29. The number of esters is 1. The van der Waals surface area contributed by atoms with Gasteiger partial charge in [0, 0.05) is 18.0 Å². The van der Waals surface area contributed by atoms with E-state index in [0.29, 0.717) is 31.7 Å². The summed E-state index contributed by atoms with van der Waals surface area (Å²) in [5.74, 6) is -2.10. The van der Waals surface area contributed by atoms with Crippen LogP contribution in [-0.2, 0) is 51.6 Å². The third-order valence-electron chi connectivity index (χ3n) is 10.6. The van der Waals surface area contributed by atoms with E-state index in [1.807, 2.05) is 24.3 Å². The number of sulfonamides is 1. The Morgan fingerprint density at radius 1 is 1.11 bits per heavy atom. The number of benzene rings is 2. The predicted octanol–water partition coefficient (Wildman–Crippen LogP) is 4.80. The molecule has 2 saturated heterocycles. The zero-order valence-electron chi connectivity index (χ0n) is 31.5. The largest absolute Gasteiger partial charge is 0.480 e. The Labute approximate surface area is 332 Å². The summed E-state index contributed by atoms with van der Waals surface area (Å²) in [6.07, 6.45) is 7.39. The van der Waals surface area contributed by atoms with Crippen LogP contribution < -0.4 is 20.1 Å². The van der Waals surface area contributed by atoms with Crippen LogP contribution in [0.2, 0.25) is 5.02 Å². The van der Waals surface area contributed by atoms with Gasteiger partial charge in [-0.05, 0) is 94.0 Å². The van der Waals surface area contributed by atoms with E-state index in [4.69, 9.17) is 25.8 Å². The van der Waals surface area contributed by atoms with Gasteiger partial charge in [-0.15, -0.1) is 0 Å². The molecule has 6 rings (SSSR count). The SMILES string of the molecule is CC(N[C@@H](CCc1ccc(CNS(=O)(=O)c2cc3c(cc2Cl)N[C@H](CC2CCCC2)NS3)cc1)C(=O)OC[C@@H]1COC(C)(C)O1)C(=O)N1CCCC1C(=O)O. The van der Waals surface area contributed by atoms with Gasteiger partial charge in [-0.3, -0.25) is 14.9 Å². The van der Waals surface area contributed by atoms with Crippen LogP contribution in [0.15, 0.2) is 46.2 Å². The molecule has 2 aromatic carbocycles. The van der Waals surface area contributed by atoms with Gasteiger partial charge < -0.3 is 29.5 Å². The van der Waals surface area contributed by atoms with Gasteiger partial charge >= 0.3 is 11.9 Å². The summed E-state index contributed by atoms with van der Waals surface area (Å²) in [6, 6.07) is 8.00. The average molecular weight is 822 g/mol. The minimum Gasteiger partial charge on any atom is -0.480 e. The van der Waals surface area contributed by atoms with Crippen molar-refractivity contribution in [3.63, 3.8) is 0 Å². The Bertz CT molecular complexity index is 1810. The van der Waals surface area contributed by atoms with Crippen molar-refractivity contribution in [2.75, 3.05) is 25.1 Å². The average Bonchev–Trinajstić information content (AvgIpc) is 3.93. The number of nitrogens with one attached hydrogen (secondary N) is 4. The van der Waals surface area contributed by atoms with E-state index >= 15 is 0 Å². The normalized spacial score (nSPS) is 23.6. The topological polar surface area (TPSA) is 185 Å². The number of aliphatic carboxylic acids is 1. The number of rotatable bonds is 16. The number of amides is 1. The Balaban J connectivity index is 1.04. The minimum absolute atomic E-state index is 0.00645. The quantitative estimate of drug-likeness (QED) is 0.115. The maximum absolute atomic E-state index is 13.4. The van der Waals surface area contributed by atoms with Crippen LogP contribution in [0.4, 0.5) is 5.69 Å². The second-order valence-corrected chi connectivity index (χ2v) is 18.3. The number of carbonyl (C=O) groups is 3. The summed E-state index contributed by atoms with van der Waals surface area (Å²) < 4.78 is 49.8. The van der Waals surface area contributed by atoms with Crippen LogP contribution in [0, 0.1) is 5.92 Å². The maximum Gasteiger partial charge on any atom is 0.326 e. The molecule has 1 aliphatic carbocycles. The molecule has 1 saturated carbocycles. The minimum atomic E-state index is -3.94. The highest BCUT2D eigenvalue weighted by Gasteiger charge is 2.38. The van der Waals surface area contributed by atoms with Crippen molar-refractivity contribution in [1.82, 2.24) is 19.7 Å². The van der Waals surface area contributed by atoms with Gasteiger partial charge in [0.25, 0.3) is 0 Å². The Hall–Kier alpha value is -2.96. The zero-order valence-corrected chi connectivity index (χ0v) is 33.9. The Kier molecular flexibility index (Phi) is 13.7. The maximum atomic E-state index is 13.4. The van der Waals surface area contributed by atoms with Crippen LogP contribution in [0.25, 0.3) is 0 Å². The first kappa shape index (κ1) is 41.7. The third-order valence-corrected chi connectivity index (χ3v) is 13.5. The molecule has 14 nitrogen and oxygen atoms in total. The zero-order chi connectivity index (χ0) is 39.3. The molecule has 0 spiro atoms. The molecule has 55 heavy (non-hydrogen) atoms. The van der Waals surface area contributed by atoms with Gasteiger partial charge in [0.15, 0.2) is 5.79 Å². The lowest BCUT2D eigenvalue weighted by Crippen LogP contribution is -2.53. The van der Waals surface area contributed by atoms with Crippen LogP contribution in [0.1, 0.15) is 83.3 Å². The van der Waals surface area contributed by atoms with Crippen LogP contribution in [0.5, 0.6) is 0 Å². The number of aryl methyl sites for hydroxylation is 1. The van der Waals surface area contributed by atoms with Gasteiger partial charge in [-0.1, -0.05) is 61.5 Å². The van der Waals surface area contributed by atoms with E-state index < -0.39 is 57.9 Å². The standard InChI is InChI=1S/C38H52ClN5O9S2/c1-23(35(45)44-16-6-9-31(44)36(46)47)41-29(37(48)51-21-27-22-52-38(2,3)53-27)15-14-24-10-12-26(13-11-24)20-40-55(49,50)33-19-32-30(18-28(33)39)42-34(43-54-32)17-25-7-4-5-8-25/h10-13,18-19,23,25,27,29,31,34,40-43H,4-9,14-17,20-22H2,1-3H3,(H,46,47)/t23?,27-,29+,31?,34+/m1/s1. The molecule has 17 heteroatoms. The van der Waals surface area contributed by atoms with E-state index in [2.05, 4.69) is 20.1 Å². The molecule has 4 aliphatic rings. The van der Waals surface area contributed by atoms with Gasteiger partial charge in [0.2, 0.25) is 15.9 Å². The highest BCUT2D eigenvalue weighted by atomic mass is 35.5. The first-order valence-electron chi connectivity index (χ1n) is 19.0. The van der Waals surface area contributed by atoms with Crippen molar-refractivity contribution < 1.29 is 42.1 Å². The van der Waals surface area contributed by atoms with Crippen molar-refractivity contribution in [3.05, 3.63) is 52.5 Å². The first-order chi connectivity index (χ1) is 26.2. The van der Waals surface area contributed by atoms with E-state index in [1.165, 1.54) is 42.5 Å². The number of carbonyl (C=O) groups excluding carboxylic acids is 2. The third kappa shape index (κ3) is 10.9. The number of hydrogen-bond donors (Lipinski definition) is 5. The molecule has 1 amide bonds. The molecular weight excluding hydrogens is 770 g/mol. The summed E-state index contributed by atoms with van der Waals surface area (Å²) in [6.45, 7) is 5.80. The highest BCUT2D eigenvalue weighted by molar-refractivity contribution is 7.97. The number of fused-ring (bicyclic) bond motifs is 1. The van der Waals surface area contributed by atoms with Gasteiger partial charge in [0.1, 0.15) is 29.7 Å². The number of carboxylic acid groups (broad SMARTS) is 1. The second kappa shape index (κ2) is 18.1. The van der Waals surface area contributed by atoms with Crippen LogP contribution >= 0.6 is 23.5 Å². The molecule has 0 radical (unpaired) electrons. The number of ether oxygens (including phenoxy) is 3. The number of hydrogen-bond acceptors (Lipinski definition) is 12. The lowest BCUT2D eigenvalue weighted by atomic mass is 10.0. The van der Waals surface area contributed by atoms with Crippen molar-refractivity contribution in [3.8, 4) is 0 Å². The van der Waals surface area contributed by atoms with E-state index in [-0.39, 0.29) is 42.3 Å². The summed E-state index contributed by atoms with van der Waals surface area (Å²) >= 11 is 7.95. The van der Waals surface area contributed by atoms with Gasteiger partial charge in [0.05, 0.1) is 29.5 Å². The predicted molar refractivity (Wildman–Crippen MR) is 208 cm³/mol. The number of anilines is 1. The first-order valence-corrected chi connectivity index (χ1v) is 21.7. The van der Waals surface area contributed by atoms with E-state index in [0.717, 1.165) is 28.1 Å². The number of nitrogens with zero attached hydrogens (tertiary/aromatic N) is 1. The van der Waals surface area contributed by atoms with Crippen LogP contribution in [0.3, 0.4) is 0 Å². The number of likely N-dealkylation sites (tertiary alicyclic amines) is 1. The smallest absolute Gasteiger partial charge is 0.326 e. The van der Waals surface area contributed by atoms with Gasteiger partial charge in [-0.2, -0.15) is 0 Å². The Morgan fingerprint density at radius 2 is 1.84 bits per heavy atom. The molecule has 3 heterocycles. The molecule has 3 aliphatic heterocycles. The molecule has 0 aromatic heterocycles. The summed E-state index contributed by atoms with van der Waals surface area (Å²) in [4.78, 5) is 40.5. The molecular formula is C38H52ClN5O9S2. The molecule has 5 atom stereocenters. The summed E-state index contributed by atoms with van der Waals surface area (Å²) in [5, 5.41) is 16.3. The lowest BCUT2D eigenvalue weighted by molar-refractivity contribution is -0.160. The fraction of sp³-hybridized carbons (Fsp3) is 0.605. The van der Waals surface area contributed by atoms with Gasteiger partial charge in [-0.25, -0.2) is 22.7 Å². The molecule has 3 fully saturated rings. The molecule has 5 N–H and O–H groups in total. The summed E-state index contributed by atoms with van der Waals surface area (Å²) in [7, 11) is -3.94. The van der Waals surface area contributed by atoms with E-state index in [1.54, 1.807) is 32.9 Å². The fourth-order valence-corrected chi connectivity index (χ4v) is 10.1. The Morgan fingerprint density at radius 3 is 2.53 bits per heavy atom. The number of carboxylic acids is 1. The fourth-order valence-electron chi connectivity index (χ4n) is 7.67. The summed E-state index contributed by atoms with van der Waals surface area (Å²) in [5.41, 5.74) is 2.42. The second-order valence-electron chi connectivity index (χ2n) is 15.3. The van der Waals surface area contributed by atoms with Crippen molar-refractivity contribution in [2.24, 2.45) is 5.92 Å². The molecule has 302 valence electrons. The van der Waals surface area contributed by atoms with Crippen molar-refractivity contribution in [2.45, 2.75) is 131 Å². The highest BCUT2D eigenvalue weighted by Crippen LogP contribution is 2.38. The van der Waals surface area contributed by atoms with Crippen molar-refractivity contribution >= 4 is 57.1 Å². The van der Waals surface area contributed by atoms with Crippen LogP contribution in [-0.4, -0.2) is 92.2 Å². The van der Waals surface area contributed by atoms with Crippen molar-refractivity contribution in [1.29, 1.82) is 0 Å². The molecule has 2 unspecified atom stereocenters. The number of halogens is 1. The monoisotopic (exact) mass is 821 g/mol.